The topological polar surface area (TPSA) is 375 Å². The van der Waals surface area contributed by atoms with E-state index in [0.29, 0.717) is 0 Å². The molecule has 3 fully saturated rings. The average Bonchev–Trinajstić information content (AvgIpc) is 1.63. The van der Waals surface area contributed by atoms with Gasteiger partial charge in [-0.05, 0) is 38.1 Å². The average molecular weight is 1200 g/mol. The first-order valence-electron chi connectivity index (χ1n) is 26.0. The van der Waals surface area contributed by atoms with E-state index in [4.69, 9.17) is 84.9 Å². The molecule has 0 radical (unpaired) electrons. The van der Waals surface area contributed by atoms with Crippen LogP contribution in [0.25, 0.3) is 22.3 Å². The van der Waals surface area contributed by atoms with Crippen LogP contribution in [0.5, 0.6) is 23.0 Å². The number of ether oxygens (including phenoxy) is 17. The quantitative estimate of drug-likeness (QED) is 0.0945. The summed E-state index contributed by atoms with van der Waals surface area (Å²) in [7, 11) is 0. The van der Waals surface area contributed by atoms with Crippen molar-refractivity contribution in [3.8, 4) is 34.3 Å². The minimum Gasteiger partial charge on any atom is -0.457 e. The van der Waals surface area contributed by atoms with Crippen LogP contribution < -0.4 is 24.4 Å². The zero-order valence-electron chi connectivity index (χ0n) is 48.1. The molecule has 6 rings (SSSR count). The lowest BCUT2D eigenvalue weighted by atomic mass is 9.96. The highest BCUT2D eigenvalue weighted by Gasteiger charge is 2.58. The Hall–Kier alpha value is -8.58. The first-order valence-corrected chi connectivity index (χ1v) is 26.0. The molecule has 0 aliphatic carbocycles. The first-order chi connectivity index (χ1) is 39.9. The predicted octanol–water partition coefficient (Wildman–Crippen LogP) is 2.68. The molecule has 30 heteroatoms. The molecular weight excluding hydrogens is 1140 g/mol. The molecule has 2 aromatic carbocycles. The van der Waals surface area contributed by atoms with Crippen LogP contribution >= 0.6 is 0 Å². The summed E-state index contributed by atoms with van der Waals surface area (Å²) in [6, 6.07) is 7.47. The molecule has 1 aromatic heterocycles. The summed E-state index contributed by atoms with van der Waals surface area (Å²) >= 11 is 0. The number of esters is 11. The Morgan fingerprint density at radius 2 is 0.835 bits per heavy atom. The van der Waals surface area contributed by atoms with Gasteiger partial charge in [-0.2, -0.15) is 0 Å². The monoisotopic (exact) mass is 1200 g/mol. The molecule has 0 spiro atoms. The second-order valence-corrected chi connectivity index (χ2v) is 19.3. The molecule has 462 valence electrons. The van der Waals surface area contributed by atoms with E-state index >= 15 is 4.79 Å². The van der Waals surface area contributed by atoms with E-state index in [2.05, 4.69) is 0 Å². The smallest absolute Gasteiger partial charge is 0.308 e. The number of fused-ring (bicyclic) bond motifs is 1. The number of benzene rings is 2. The summed E-state index contributed by atoms with van der Waals surface area (Å²) in [5.41, 5.74) is -1.45. The Labute approximate surface area is 482 Å². The van der Waals surface area contributed by atoms with Gasteiger partial charge in [0.15, 0.2) is 61.1 Å². The van der Waals surface area contributed by atoms with Crippen LogP contribution in [-0.2, 0) is 114 Å². The third-order valence-corrected chi connectivity index (χ3v) is 12.2. The second-order valence-electron chi connectivity index (χ2n) is 19.3. The normalized spacial score (nSPS) is 27.1. The van der Waals surface area contributed by atoms with Crippen molar-refractivity contribution < 1.29 is 138 Å². The fraction of sp³-hybridized carbons (Fsp3) is 0.527. The van der Waals surface area contributed by atoms with Crippen molar-refractivity contribution in [3.05, 3.63) is 46.6 Å². The third-order valence-electron chi connectivity index (χ3n) is 12.2. The van der Waals surface area contributed by atoms with Crippen molar-refractivity contribution in [2.24, 2.45) is 0 Å². The van der Waals surface area contributed by atoms with Crippen molar-refractivity contribution >= 4 is 76.6 Å². The standard InChI is InChI=1S/C55H62O30/c1-21-43(75-27(7)60)48(85-54-51(80-32(12)65)47(77-29(9)62)42(22(2)70-54)74-26(6)59)50(79-31(11)64)53(69-21)68-20-39-45(76-28(8)61)49(78-30(10)63)52(81-33(13)66)55(83-39)84-46-41(67)40-37(73-25(5)58)18-36(72-24(4)57)19-38(40)82-44(46)34-14-16-35(17-15-34)71-23(3)56/h14-19,21-22,39,42-43,45,47-55H,20H2,1-13H3/t21-,22-,39+,42-,43-,45-,47+,48+,49-,50+,51+,52+,53+,54-,55-/m0/s1. The maximum Gasteiger partial charge on any atom is 0.308 e. The van der Waals surface area contributed by atoms with Gasteiger partial charge in [0.25, 0.3) is 0 Å². The predicted molar refractivity (Wildman–Crippen MR) is 275 cm³/mol. The van der Waals surface area contributed by atoms with Gasteiger partial charge >= 0.3 is 65.7 Å². The number of carbonyl (C=O) groups is 11. The number of hydrogen-bond acceptors (Lipinski definition) is 30. The molecule has 85 heavy (non-hydrogen) atoms. The van der Waals surface area contributed by atoms with Crippen molar-refractivity contribution in [3.63, 3.8) is 0 Å². The Morgan fingerprint density at radius 1 is 0.424 bits per heavy atom. The van der Waals surface area contributed by atoms with Crippen molar-refractivity contribution in [1.82, 2.24) is 0 Å². The lowest BCUT2D eigenvalue weighted by Gasteiger charge is -2.48. The maximum absolute atomic E-state index is 15.1. The first kappa shape index (κ1) is 65.6. The number of carbonyl (C=O) groups excluding carboxylic acids is 11. The SMILES string of the molecule is CC(=O)Oc1ccc(-c2oc3cc(OC(C)=O)cc(OC(C)=O)c3c(=O)c2O[C@@H]2O[C@H](CO[C@@H]3O[C@@H](C)[C@H](OC(C)=O)[C@@H](O[C@@H]4O[C@@H](C)[C@H](OC(C)=O)[C@@H](OC(C)=O)[C@H]4OC(C)=O)[C@H]3OC(C)=O)[C@H](OC(C)=O)[C@H](OC(C)=O)[C@H]2OC(C)=O)cc1. The van der Waals surface area contributed by atoms with Gasteiger partial charge in [-0.3, -0.25) is 57.5 Å². The molecule has 3 saturated heterocycles. The van der Waals surface area contributed by atoms with Crippen LogP contribution in [0, 0.1) is 0 Å². The number of rotatable bonds is 19. The molecule has 3 aliphatic rings. The highest BCUT2D eigenvalue weighted by atomic mass is 16.8. The Kier molecular flexibility index (Phi) is 21.9. The van der Waals surface area contributed by atoms with Gasteiger partial charge in [0.2, 0.25) is 23.6 Å². The summed E-state index contributed by atoms with van der Waals surface area (Å²) < 4.78 is 105. The van der Waals surface area contributed by atoms with E-state index in [1.165, 1.54) is 38.1 Å². The summed E-state index contributed by atoms with van der Waals surface area (Å²) in [6.45, 7) is 13.1. The van der Waals surface area contributed by atoms with E-state index in [-0.39, 0.29) is 22.6 Å². The Balaban J connectivity index is 1.50. The Bertz CT molecular complexity index is 3110. The third kappa shape index (κ3) is 17.0. The van der Waals surface area contributed by atoms with Crippen molar-refractivity contribution in [2.75, 3.05) is 6.61 Å². The summed E-state index contributed by atoms with van der Waals surface area (Å²) in [4.78, 5) is 154. The fourth-order valence-corrected chi connectivity index (χ4v) is 9.40. The van der Waals surface area contributed by atoms with Crippen LogP contribution in [-0.4, -0.2) is 164 Å². The highest BCUT2D eigenvalue weighted by Crippen LogP contribution is 2.41. The van der Waals surface area contributed by atoms with Gasteiger partial charge in [-0.15, -0.1) is 0 Å². The molecule has 0 saturated carbocycles. The zero-order valence-corrected chi connectivity index (χ0v) is 48.1. The van der Waals surface area contributed by atoms with Gasteiger partial charge in [0.05, 0.1) is 18.8 Å². The van der Waals surface area contributed by atoms with Crippen LogP contribution in [0.2, 0.25) is 0 Å². The second kappa shape index (κ2) is 28.3. The van der Waals surface area contributed by atoms with Gasteiger partial charge in [0, 0.05) is 93.9 Å². The molecule has 30 nitrogen and oxygen atoms in total. The molecule has 3 aliphatic heterocycles. The maximum atomic E-state index is 15.1. The zero-order chi connectivity index (χ0) is 62.9. The summed E-state index contributed by atoms with van der Waals surface area (Å²) in [6.07, 6.45) is -25.7. The van der Waals surface area contributed by atoms with Crippen LogP contribution in [0.15, 0.2) is 45.6 Å². The minimum absolute atomic E-state index is 0.0214. The van der Waals surface area contributed by atoms with Crippen LogP contribution in [0.4, 0.5) is 0 Å². The molecule has 0 unspecified atom stereocenters. The summed E-state index contributed by atoms with van der Waals surface area (Å²) in [5, 5.41) is -0.488. The van der Waals surface area contributed by atoms with E-state index in [9.17, 15) is 52.7 Å². The lowest BCUT2D eigenvalue weighted by Crippen LogP contribution is -2.66. The van der Waals surface area contributed by atoms with E-state index in [0.717, 1.165) is 88.3 Å². The lowest BCUT2D eigenvalue weighted by molar-refractivity contribution is -0.360. The fourth-order valence-electron chi connectivity index (χ4n) is 9.40. The number of hydrogen-bond donors (Lipinski definition) is 0. The molecule has 3 aromatic rings. The molecule has 15 atom stereocenters. The van der Waals surface area contributed by atoms with E-state index in [1.807, 2.05) is 0 Å². The minimum atomic E-state index is -2.14. The largest absolute Gasteiger partial charge is 0.457 e. The van der Waals surface area contributed by atoms with Crippen molar-refractivity contribution in [2.45, 2.75) is 182 Å². The molecular formula is C55H62O30. The molecule has 4 heterocycles. The van der Waals surface area contributed by atoms with Gasteiger partial charge in [-0.25, -0.2) is 0 Å². The van der Waals surface area contributed by atoms with Crippen molar-refractivity contribution in [1.29, 1.82) is 0 Å². The van der Waals surface area contributed by atoms with Gasteiger partial charge in [0.1, 0.15) is 40.4 Å². The molecule has 0 bridgehead atoms. The van der Waals surface area contributed by atoms with Gasteiger partial charge in [-0.1, -0.05) is 0 Å². The molecule has 0 amide bonds. The highest BCUT2D eigenvalue weighted by molar-refractivity contribution is 5.91. The van der Waals surface area contributed by atoms with Crippen LogP contribution in [0.3, 0.4) is 0 Å². The van der Waals surface area contributed by atoms with Gasteiger partial charge < -0.3 is 84.9 Å². The Morgan fingerprint density at radius 3 is 1.33 bits per heavy atom. The van der Waals surface area contributed by atoms with E-state index in [1.54, 1.807) is 0 Å². The summed E-state index contributed by atoms with van der Waals surface area (Å²) in [5.74, 6) is -12.1. The van der Waals surface area contributed by atoms with E-state index < -0.39 is 192 Å². The van der Waals surface area contributed by atoms with Crippen LogP contribution in [0.1, 0.15) is 90.0 Å². The molecule has 0 N–H and O–H groups in total.